The first-order chi connectivity index (χ1) is 16.3. The molecule has 0 bridgehead atoms. The zero-order valence-electron chi connectivity index (χ0n) is 18.1. The second-order valence-corrected chi connectivity index (χ2v) is 10.2. The molecular weight excluding hydrogens is 454 g/mol. The first kappa shape index (κ1) is 20.7. The number of methoxy groups -OCH3 is 1. The van der Waals surface area contributed by atoms with Gasteiger partial charge in [0.25, 0.3) is 0 Å². The largest absolute Gasteiger partial charge is 0.497 e. The Morgan fingerprint density at radius 1 is 1.15 bits per heavy atom. The van der Waals surface area contributed by atoms with Crippen molar-refractivity contribution in [3.63, 3.8) is 0 Å². The number of aromatic amines is 1. The number of aromatic nitrogens is 2. The molecule has 6 rings (SSSR count). The number of nitrogens with zero attached hydrogens (tertiary/aromatic N) is 1. The maximum absolute atomic E-state index is 12.9. The highest BCUT2D eigenvalue weighted by Crippen LogP contribution is 2.65. The van der Waals surface area contributed by atoms with Gasteiger partial charge in [-0.15, -0.1) is 0 Å². The molecule has 3 aromatic carbocycles. The van der Waals surface area contributed by atoms with E-state index in [0.717, 1.165) is 33.5 Å². The summed E-state index contributed by atoms with van der Waals surface area (Å²) in [5.74, 6) is 1.25. The predicted molar refractivity (Wildman–Crippen MR) is 128 cm³/mol. The lowest BCUT2D eigenvalue weighted by atomic mass is 9.91. The summed E-state index contributed by atoms with van der Waals surface area (Å²) >= 11 is 0. The van der Waals surface area contributed by atoms with Crippen LogP contribution in [-0.4, -0.2) is 31.6 Å². The molecule has 0 saturated heterocycles. The lowest BCUT2D eigenvalue weighted by Crippen LogP contribution is -2.21. The fourth-order valence-electron chi connectivity index (χ4n) is 4.99. The summed E-state index contributed by atoms with van der Waals surface area (Å²) in [4.78, 5) is 12.9. The highest BCUT2D eigenvalue weighted by Gasteiger charge is 2.65. The van der Waals surface area contributed by atoms with Gasteiger partial charge in [0.15, 0.2) is 5.82 Å². The molecule has 9 nitrogen and oxygen atoms in total. The number of H-pyrrole nitrogens is 1. The van der Waals surface area contributed by atoms with Crippen molar-refractivity contribution in [1.29, 1.82) is 0 Å². The molecule has 1 amide bonds. The van der Waals surface area contributed by atoms with Crippen LogP contribution in [0.15, 0.2) is 65.6 Å². The average molecular weight is 476 g/mol. The van der Waals surface area contributed by atoms with Crippen LogP contribution in [0.4, 0.5) is 17.2 Å². The number of anilines is 3. The number of sulfonamides is 1. The molecule has 0 unspecified atom stereocenters. The van der Waals surface area contributed by atoms with Gasteiger partial charge in [0.2, 0.25) is 15.9 Å². The Hall–Kier alpha value is -3.89. The monoisotopic (exact) mass is 475 g/mol. The topological polar surface area (TPSA) is 139 Å². The minimum Gasteiger partial charge on any atom is -0.497 e. The van der Waals surface area contributed by atoms with Crippen molar-refractivity contribution in [3.05, 3.63) is 71.8 Å². The van der Waals surface area contributed by atoms with Crippen LogP contribution in [0.3, 0.4) is 0 Å². The predicted octanol–water partition coefficient (Wildman–Crippen LogP) is 3.34. The Morgan fingerprint density at radius 2 is 1.97 bits per heavy atom. The third-order valence-corrected chi connectivity index (χ3v) is 7.73. The zero-order valence-corrected chi connectivity index (χ0v) is 18.9. The van der Waals surface area contributed by atoms with E-state index in [-0.39, 0.29) is 16.7 Å². The minimum absolute atomic E-state index is 0.00687. The van der Waals surface area contributed by atoms with E-state index in [1.165, 1.54) is 6.07 Å². The van der Waals surface area contributed by atoms with E-state index in [0.29, 0.717) is 17.9 Å². The zero-order chi connectivity index (χ0) is 23.7. The second kappa shape index (κ2) is 7.05. The van der Waals surface area contributed by atoms with Crippen LogP contribution >= 0.6 is 0 Å². The Bertz CT molecular complexity index is 1600. The molecule has 10 heteroatoms. The SMILES string of the molecule is COc1ccc2c(c1)[C@]1(C[C@H]1c1ccc3c(Nc4ccccc4S(N)(=O)=O)n[nH]c3c1)C(=O)N2. The average Bonchev–Trinajstić information content (AvgIpc) is 3.37. The van der Waals surface area contributed by atoms with Crippen molar-refractivity contribution in [1.82, 2.24) is 10.2 Å². The molecule has 1 spiro atoms. The molecule has 1 aromatic heterocycles. The maximum Gasteiger partial charge on any atom is 0.240 e. The first-order valence-electron chi connectivity index (χ1n) is 10.7. The third-order valence-electron chi connectivity index (χ3n) is 6.76. The number of ether oxygens (including phenoxy) is 1. The molecule has 1 aliphatic carbocycles. The summed E-state index contributed by atoms with van der Waals surface area (Å²) in [6.07, 6.45) is 0.714. The lowest BCUT2D eigenvalue weighted by molar-refractivity contribution is -0.118. The van der Waals surface area contributed by atoms with Crippen molar-refractivity contribution in [2.75, 3.05) is 17.7 Å². The number of rotatable bonds is 5. The van der Waals surface area contributed by atoms with Gasteiger partial charge in [-0.05, 0) is 60.0 Å². The van der Waals surface area contributed by atoms with Gasteiger partial charge < -0.3 is 15.4 Å². The van der Waals surface area contributed by atoms with E-state index in [1.54, 1.807) is 25.3 Å². The number of fused-ring (bicyclic) bond motifs is 3. The fraction of sp³-hybridized carbons (Fsp3) is 0.167. The van der Waals surface area contributed by atoms with Crippen LogP contribution in [0.25, 0.3) is 10.9 Å². The van der Waals surface area contributed by atoms with E-state index in [4.69, 9.17) is 9.88 Å². The van der Waals surface area contributed by atoms with Crippen LogP contribution in [0, 0.1) is 0 Å². The molecule has 34 heavy (non-hydrogen) atoms. The van der Waals surface area contributed by atoms with Crippen molar-refractivity contribution in [3.8, 4) is 5.75 Å². The van der Waals surface area contributed by atoms with Crippen LogP contribution in [-0.2, 0) is 20.2 Å². The Kier molecular flexibility index (Phi) is 4.29. The Labute approximate surface area is 195 Å². The van der Waals surface area contributed by atoms with Crippen LogP contribution in [0.2, 0.25) is 0 Å². The number of carbonyl (C=O) groups is 1. The highest BCUT2D eigenvalue weighted by atomic mass is 32.2. The number of carbonyl (C=O) groups excluding carboxylic acids is 1. The summed E-state index contributed by atoms with van der Waals surface area (Å²) in [5, 5.41) is 19.5. The molecule has 4 aromatic rings. The third kappa shape index (κ3) is 2.99. The molecule has 2 atom stereocenters. The van der Waals surface area contributed by atoms with Gasteiger partial charge in [-0.2, -0.15) is 5.10 Å². The van der Waals surface area contributed by atoms with Crippen LogP contribution < -0.4 is 20.5 Å². The number of hydrogen-bond donors (Lipinski definition) is 4. The number of nitrogens with two attached hydrogens (primary N) is 1. The summed E-state index contributed by atoms with van der Waals surface area (Å²) in [6.45, 7) is 0. The molecule has 172 valence electrons. The molecule has 1 saturated carbocycles. The summed E-state index contributed by atoms with van der Waals surface area (Å²) in [6, 6.07) is 18.0. The highest BCUT2D eigenvalue weighted by molar-refractivity contribution is 7.89. The van der Waals surface area contributed by atoms with Gasteiger partial charge in [-0.25, -0.2) is 13.6 Å². The standard InChI is InChI=1S/C24H21N5O4S/c1-33-14-7-9-18-16(11-14)24(23(30)27-18)12-17(24)13-6-8-15-20(10-13)28-29-22(15)26-19-4-2-3-5-21(19)34(25,31)32/h2-11,17H,12H2,1H3,(H,27,30)(H2,25,31,32)(H2,26,28,29)/t17-,24-/m0/s1. The van der Waals surface area contributed by atoms with Crippen LogP contribution in [0.5, 0.6) is 5.75 Å². The first-order valence-corrected chi connectivity index (χ1v) is 12.2. The van der Waals surface area contributed by atoms with Crippen LogP contribution in [0.1, 0.15) is 23.5 Å². The van der Waals surface area contributed by atoms with Gasteiger partial charge in [-0.1, -0.05) is 18.2 Å². The molecule has 1 aliphatic heterocycles. The smallest absolute Gasteiger partial charge is 0.240 e. The van der Waals surface area contributed by atoms with Crippen molar-refractivity contribution < 1.29 is 17.9 Å². The quantitative estimate of drug-likeness (QED) is 0.349. The molecule has 1 fully saturated rings. The number of amides is 1. The van der Waals surface area contributed by atoms with E-state index < -0.39 is 15.4 Å². The van der Waals surface area contributed by atoms with E-state index in [1.807, 2.05) is 36.4 Å². The molecule has 2 heterocycles. The molecule has 2 aliphatic rings. The lowest BCUT2D eigenvalue weighted by Gasteiger charge is -2.11. The van der Waals surface area contributed by atoms with Crippen molar-refractivity contribution in [2.24, 2.45) is 5.14 Å². The number of primary sulfonamides is 1. The maximum atomic E-state index is 12.9. The van der Waals surface area contributed by atoms with Gasteiger partial charge in [0.05, 0.1) is 23.7 Å². The normalized spacial score (nSPS) is 20.9. The molecular formula is C24H21N5O4S. The summed E-state index contributed by atoms with van der Waals surface area (Å²) in [5.41, 5.74) is 3.35. The summed E-state index contributed by atoms with van der Waals surface area (Å²) in [7, 11) is -2.28. The van der Waals surface area contributed by atoms with Gasteiger partial charge in [-0.3, -0.25) is 9.89 Å². The molecule has 5 N–H and O–H groups in total. The van der Waals surface area contributed by atoms with Gasteiger partial charge in [0, 0.05) is 17.0 Å². The van der Waals surface area contributed by atoms with Crippen molar-refractivity contribution in [2.45, 2.75) is 22.6 Å². The van der Waals surface area contributed by atoms with Gasteiger partial charge >= 0.3 is 0 Å². The second-order valence-electron chi connectivity index (χ2n) is 8.64. The molecule has 0 radical (unpaired) electrons. The number of para-hydroxylation sites is 1. The Morgan fingerprint density at radius 3 is 2.76 bits per heavy atom. The number of benzene rings is 3. The van der Waals surface area contributed by atoms with Gasteiger partial charge in [0.1, 0.15) is 10.6 Å². The fourth-order valence-corrected chi connectivity index (χ4v) is 5.69. The van der Waals surface area contributed by atoms with Crippen molar-refractivity contribution >= 4 is 44.0 Å². The summed E-state index contributed by atoms with van der Waals surface area (Å²) < 4.78 is 29.2. The van der Waals surface area contributed by atoms with E-state index in [2.05, 4.69) is 20.8 Å². The number of hydrogen-bond acceptors (Lipinski definition) is 6. The Balaban J connectivity index is 1.33. The minimum atomic E-state index is -3.89. The van der Waals surface area contributed by atoms with E-state index >= 15 is 0 Å². The van der Waals surface area contributed by atoms with E-state index in [9.17, 15) is 13.2 Å². The number of nitrogens with one attached hydrogen (secondary N) is 3.